The molecule has 0 aromatic heterocycles. The number of amidine groups is 1. The van der Waals surface area contributed by atoms with Crippen LogP contribution in [0.15, 0.2) is 23.5 Å². The summed E-state index contributed by atoms with van der Waals surface area (Å²) >= 11 is 6.58. The molecule has 0 bridgehead atoms. The van der Waals surface area contributed by atoms with Crippen molar-refractivity contribution in [1.82, 2.24) is 10.2 Å². The average molecular weight is 377 g/mol. The quantitative estimate of drug-likeness (QED) is 0.696. The van der Waals surface area contributed by atoms with Crippen LogP contribution >= 0.6 is 11.6 Å². The molecule has 1 aliphatic rings. The van der Waals surface area contributed by atoms with Gasteiger partial charge in [-0.3, -0.25) is 5.41 Å². The number of piperidine rings is 1. The van der Waals surface area contributed by atoms with E-state index in [1.165, 1.54) is 0 Å². The van der Waals surface area contributed by atoms with E-state index in [-0.39, 0.29) is 0 Å². The number of hydrogen-bond donors (Lipinski definition) is 2. The van der Waals surface area contributed by atoms with Gasteiger partial charge in [0.25, 0.3) is 0 Å². The lowest BCUT2D eigenvalue weighted by atomic mass is 10.00. The molecular weight excluding hydrogens is 344 g/mol. The third-order valence-electron chi connectivity index (χ3n) is 4.86. The molecule has 0 unspecified atom stereocenters. The molecule has 0 amide bonds. The summed E-state index contributed by atoms with van der Waals surface area (Å²) in [5.41, 5.74) is 4.36. The van der Waals surface area contributed by atoms with Gasteiger partial charge in [0.2, 0.25) is 0 Å². The fourth-order valence-corrected chi connectivity index (χ4v) is 4.31. The first-order chi connectivity index (χ1) is 12.4. The zero-order chi connectivity index (χ0) is 19.3. The molecule has 1 aliphatic heterocycles. The molecule has 144 valence electrons. The molecule has 5 heteroatoms. The van der Waals surface area contributed by atoms with Gasteiger partial charge in [0.05, 0.1) is 10.7 Å². The molecule has 2 rings (SSSR count). The number of halogens is 1. The molecule has 1 saturated heterocycles. The summed E-state index contributed by atoms with van der Waals surface area (Å²) in [6.45, 7) is 11.4. The average Bonchev–Trinajstić information content (AvgIpc) is 2.58. The van der Waals surface area contributed by atoms with Gasteiger partial charge in [-0.15, -0.1) is 0 Å². The summed E-state index contributed by atoms with van der Waals surface area (Å²) in [5, 5.41) is 13.0. The third kappa shape index (κ3) is 4.35. The Balaban J connectivity index is 2.45. The highest BCUT2D eigenvalue weighted by Gasteiger charge is 2.28. The number of benzene rings is 1. The van der Waals surface area contributed by atoms with E-state index in [0.717, 1.165) is 78.5 Å². The van der Waals surface area contributed by atoms with Crippen LogP contribution in [0.25, 0.3) is 0 Å². The van der Waals surface area contributed by atoms with Crippen molar-refractivity contribution in [2.24, 2.45) is 0 Å². The standard InChI is InChI=1S/C21H33ClN4/c1-6-10-25(11-7-2)21(24-5)17-9-8-12-26(20(17)23)19-16(4)13-15(3)14-18(19)22/h13-14,23-24H,6-12H2,1-5H3/b21-17+,23-20?. The predicted molar refractivity (Wildman–Crippen MR) is 113 cm³/mol. The molecule has 0 spiro atoms. The Bertz CT molecular complexity index is 652. The van der Waals surface area contributed by atoms with Crippen LogP contribution in [0.4, 0.5) is 5.69 Å². The zero-order valence-corrected chi connectivity index (χ0v) is 17.6. The zero-order valence-electron chi connectivity index (χ0n) is 16.9. The molecule has 0 aliphatic carbocycles. The molecule has 0 radical (unpaired) electrons. The minimum atomic E-state index is 0.576. The van der Waals surface area contributed by atoms with Crippen LogP contribution < -0.4 is 10.2 Å². The summed E-state index contributed by atoms with van der Waals surface area (Å²) in [7, 11) is 1.97. The largest absolute Gasteiger partial charge is 0.374 e. The molecule has 1 aromatic carbocycles. The second kappa shape index (κ2) is 9.31. The number of nitrogens with one attached hydrogen (secondary N) is 2. The minimum absolute atomic E-state index is 0.576. The molecule has 26 heavy (non-hydrogen) atoms. The number of nitrogens with zero attached hydrogens (tertiary/aromatic N) is 2. The van der Waals surface area contributed by atoms with Crippen LogP contribution in [-0.4, -0.2) is 37.4 Å². The van der Waals surface area contributed by atoms with Crippen LogP contribution in [-0.2, 0) is 0 Å². The Morgan fingerprint density at radius 2 is 1.88 bits per heavy atom. The molecule has 1 aromatic rings. The van der Waals surface area contributed by atoms with Crippen molar-refractivity contribution in [3.05, 3.63) is 39.7 Å². The second-order valence-corrected chi connectivity index (χ2v) is 7.49. The van der Waals surface area contributed by atoms with E-state index in [9.17, 15) is 0 Å². The maximum absolute atomic E-state index is 8.92. The van der Waals surface area contributed by atoms with E-state index in [4.69, 9.17) is 17.0 Å². The summed E-state index contributed by atoms with van der Waals surface area (Å²) < 4.78 is 0. The van der Waals surface area contributed by atoms with Crippen molar-refractivity contribution in [3.63, 3.8) is 0 Å². The smallest absolute Gasteiger partial charge is 0.132 e. The highest BCUT2D eigenvalue weighted by Crippen LogP contribution is 2.35. The maximum atomic E-state index is 8.92. The van der Waals surface area contributed by atoms with E-state index in [2.05, 4.69) is 48.9 Å². The molecule has 1 heterocycles. The summed E-state index contributed by atoms with van der Waals surface area (Å²) in [6, 6.07) is 4.14. The first-order valence-electron chi connectivity index (χ1n) is 9.73. The van der Waals surface area contributed by atoms with Crippen LogP contribution in [0.2, 0.25) is 5.02 Å². The van der Waals surface area contributed by atoms with Crippen LogP contribution in [0.1, 0.15) is 50.7 Å². The SMILES string of the molecule is CCCN(CCC)/C(NC)=C1\CCCN(c2c(C)cc(C)cc2Cl)C1=N. The van der Waals surface area contributed by atoms with Gasteiger partial charge >= 0.3 is 0 Å². The van der Waals surface area contributed by atoms with Crippen LogP contribution in [0.5, 0.6) is 0 Å². The van der Waals surface area contributed by atoms with E-state index in [1.807, 2.05) is 13.1 Å². The summed E-state index contributed by atoms with van der Waals surface area (Å²) in [6.07, 6.45) is 4.15. The lowest BCUT2D eigenvalue weighted by Gasteiger charge is -2.36. The first kappa shape index (κ1) is 20.6. The van der Waals surface area contributed by atoms with Crippen molar-refractivity contribution in [2.75, 3.05) is 31.6 Å². The Kier molecular flexibility index (Phi) is 7.39. The highest BCUT2D eigenvalue weighted by atomic mass is 35.5. The predicted octanol–water partition coefficient (Wildman–Crippen LogP) is 5.09. The van der Waals surface area contributed by atoms with Gasteiger partial charge in [-0.05, 0) is 56.7 Å². The normalized spacial score (nSPS) is 16.7. The Morgan fingerprint density at radius 1 is 1.23 bits per heavy atom. The molecule has 4 nitrogen and oxygen atoms in total. The van der Waals surface area contributed by atoms with Gasteiger partial charge in [-0.2, -0.15) is 0 Å². The second-order valence-electron chi connectivity index (χ2n) is 7.08. The Morgan fingerprint density at radius 3 is 2.42 bits per heavy atom. The monoisotopic (exact) mass is 376 g/mol. The minimum Gasteiger partial charge on any atom is -0.374 e. The first-order valence-corrected chi connectivity index (χ1v) is 10.1. The Hall–Kier alpha value is -1.68. The molecule has 1 fully saturated rings. The van der Waals surface area contributed by atoms with Gasteiger partial charge in [0.1, 0.15) is 11.7 Å². The van der Waals surface area contributed by atoms with Crippen molar-refractivity contribution in [3.8, 4) is 0 Å². The Labute approximate surface area is 163 Å². The number of aryl methyl sites for hydroxylation is 2. The number of hydrogen-bond acceptors (Lipinski definition) is 3. The summed E-state index contributed by atoms with van der Waals surface area (Å²) in [5.74, 6) is 1.68. The molecule has 0 saturated carbocycles. The van der Waals surface area contributed by atoms with Gasteiger partial charge in [-0.1, -0.05) is 31.5 Å². The van der Waals surface area contributed by atoms with Gasteiger partial charge in [0.15, 0.2) is 0 Å². The fraction of sp³-hybridized carbons (Fsp3) is 0.571. The van der Waals surface area contributed by atoms with Gasteiger partial charge < -0.3 is 15.1 Å². The van der Waals surface area contributed by atoms with Crippen molar-refractivity contribution in [1.29, 1.82) is 5.41 Å². The fourth-order valence-electron chi connectivity index (χ4n) is 3.89. The summed E-state index contributed by atoms with van der Waals surface area (Å²) in [4.78, 5) is 4.47. The van der Waals surface area contributed by atoms with Gasteiger partial charge in [-0.25, -0.2) is 0 Å². The van der Waals surface area contributed by atoms with E-state index in [1.54, 1.807) is 0 Å². The van der Waals surface area contributed by atoms with Crippen molar-refractivity contribution < 1.29 is 0 Å². The van der Waals surface area contributed by atoms with Crippen molar-refractivity contribution >= 4 is 23.1 Å². The highest BCUT2D eigenvalue weighted by molar-refractivity contribution is 6.34. The van der Waals surface area contributed by atoms with E-state index >= 15 is 0 Å². The third-order valence-corrected chi connectivity index (χ3v) is 5.15. The molecular formula is C21H33ClN4. The molecule has 0 atom stereocenters. The number of anilines is 1. The van der Waals surface area contributed by atoms with Crippen LogP contribution in [0, 0.1) is 19.3 Å². The lowest BCUT2D eigenvalue weighted by Crippen LogP contribution is -2.42. The topological polar surface area (TPSA) is 42.4 Å². The maximum Gasteiger partial charge on any atom is 0.132 e. The number of rotatable bonds is 7. The van der Waals surface area contributed by atoms with Crippen LogP contribution in [0.3, 0.4) is 0 Å². The lowest BCUT2D eigenvalue weighted by molar-refractivity contribution is 0.321. The molecule has 2 N–H and O–H groups in total. The van der Waals surface area contributed by atoms with E-state index in [0.29, 0.717) is 5.84 Å². The van der Waals surface area contributed by atoms with Gasteiger partial charge in [0, 0.05) is 32.3 Å². The van der Waals surface area contributed by atoms with E-state index < -0.39 is 0 Å². The van der Waals surface area contributed by atoms with Crippen molar-refractivity contribution in [2.45, 2.75) is 53.4 Å².